The largest absolute Gasteiger partial charge is 0.322 e. The number of amides is 1. The molecular weight excluding hydrogens is 264 g/mol. The number of hydrogen-bond donors (Lipinski definition) is 3. The molecule has 4 N–H and O–H groups in total. The van der Waals surface area contributed by atoms with Gasteiger partial charge in [0.1, 0.15) is 5.82 Å². The molecule has 2 rings (SSSR count). The molecule has 0 radical (unpaired) electrons. The molecule has 1 amide bonds. The van der Waals surface area contributed by atoms with Crippen LogP contribution in [0.2, 0.25) is 0 Å². The van der Waals surface area contributed by atoms with Gasteiger partial charge in [0.25, 0.3) is 5.91 Å². The summed E-state index contributed by atoms with van der Waals surface area (Å²) in [4.78, 5) is 16.6. The summed E-state index contributed by atoms with van der Waals surface area (Å²) in [7, 11) is 0. The van der Waals surface area contributed by atoms with Crippen molar-refractivity contribution in [2.45, 2.75) is 26.7 Å². The number of aryl methyl sites for hydroxylation is 2. The number of hydrogen-bond acceptors (Lipinski definition) is 4. The highest BCUT2D eigenvalue weighted by Crippen LogP contribution is 2.15. The van der Waals surface area contributed by atoms with Crippen LogP contribution in [0.15, 0.2) is 36.4 Å². The number of nitrogens with one attached hydrogen (secondary N) is 2. The van der Waals surface area contributed by atoms with Crippen LogP contribution in [0.4, 0.5) is 11.5 Å². The van der Waals surface area contributed by atoms with Gasteiger partial charge in [-0.05, 0) is 42.7 Å². The summed E-state index contributed by atoms with van der Waals surface area (Å²) < 4.78 is 0. The fourth-order valence-corrected chi connectivity index (χ4v) is 2.05. The standard InChI is InChI=1S/C16H20N4O/c1-3-11-6-5-7-14(8-11)19-16(21)12-9-13(4-2)18-15(10-12)20-17/h5-10H,3-4,17H2,1-2H3,(H,18,20)(H,19,21). The Hall–Kier alpha value is -2.40. The third kappa shape index (κ3) is 3.79. The smallest absolute Gasteiger partial charge is 0.255 e. The van der Waals surface area contributed by atoms with Crippen LogP contribution in [0.5, 0.6) is 0 Å². The Bertz CT molecular complexity index is 618. The van der Waals surface area contributed by atoms with Gasteiger partial charge in [-0.1, -0.05) is 26.0 Å². The summed E-state index contributed by atoms with van der Waals surface area (Å²) in [5.41, 5.74) is 5.81. The summed E-state index contributed by atoms with van der Waals surface area (Å²) in [6.07, 6.45) is 1.67. The zero-order valence-corrected chi connectivity index (χ0v) is 12.3. The fraction of sp³-hybridized carbons (Fsp3) is 0.250. The molecule has 0 atom stereocenters. The molecule has 0 aliphatic carbocycles. The monoisotopic (exact) mass is 284 g/mol. The molecule has 110 valence electrons. The van der Waals surface area contributed by atoms with Crippen molar-refractivity contribution in [1.82, 2.24) is 4.98 Å². The molecule has 1 aromatic heterocycles. The van der Waals surface area contributed by atoms with Crippen molar-refractivity contribution < 1.29 is 4.79 Å². The molecule has 2 aromatic rings. The summed E-state index contributed by atoms with van der Waals surface area (Å²) >= 11 is 0. The summed E-state index contributed by atoms with van der Waals surface area (Å²) in [6, 6.07) is 11.2. The highest BCUT2D eigenvalue weighted by Gasteiger charge is 2.10. The van der Waals surface area contributed by atoms with Crippen LogP contribution in [0.25, 0.3) is 0 Å². The fourth-order valence-electron chi connectivity index (χ4n) is 2.05. The molecule has 5 nitrogen and oxygen atoms in total. The predicted molar refractivity (Wildman–Crippen MR) is 85.2 cm³/mol. The predicted octanol–water partition coefficient (Wildman–Crippen LogP) is 2.74. The van der Waals surface area contributed by atoms with E-state index in [0.29, 0.717) is 11.4 Å². The lowest BCUT2D eigenvalue weighted by Crippen LogP contribution is -2.15. The van der Waals surface area contributed by atoms with E-state index in [1.54, 1.807) is 12.1 Å². The Morgan fingerprint density at radius 3 is 2.67 bits per heavy atom. The third-order valence-electron chi connectivity index (χ3n) is 3.24. The first-order valence-electron chi connectivity index (χ1n) is 7.04. The number of anilines is 2. The Morgan fingerprint density at radius 2 is 2.00 bits per heavy atom. The average molecular weight is 284 g/mol. The van der Waals surface area contributed by atoms with Crippen molar-refractivity contribution in [3.8, 4) is 0 Å². The Labute approximate surface area is 124 Å². The van der Waals surface area contributed by atoms with E-state index in [1.807, 2.05) is 31.2 Å². The highest BCUT2D eigenvalue weighted by molar-refractivity contribution is 6.04. The molecule has 1 heterocycles. The van der Waals surface area contributed by atoms with Crippen molar-refractivity contribution >= 4 is 17.4 Å². The molecule has 0 unspecified atom stereocenters. The maximum atomic E-state index is 12.3. The van der Waals surface area contributed by atoms with Crippen molar-refractivity contribution in [3.05, 3.63) is 53.2 Å². The topological polar surface area (TPSA) is 80.0 Å². The number of rotatable bonds is 5. The maximum absolute atomic E-state index is 12.3. The maximum Gasteiger partial charge on any atom is 0.255 e. The Balaban J connectivity index is 2.23. The zero-order chi connectivity index (χ0) is 15.2. The molecule has 0 fully saturated rings. The molecule has 21 heavy (non-hydrogen) atoms. The molecule has 0 saturated heterocycles. The van der Waals surface area contributed by atoms with Gasteiger partial charge in [-0.3, -0.25) is 4.79 Å². The summed E-state index contributed by atoms with van der Waals surface area (Å²) in [5, 5.41) is 2.90. The van der Waals surface area contributed by atoms with E-state index >= 15 is 0 Å². The SMILES string of the molecule is CCc1cccc(NC(=O)c2cc(CC)nc(NN)c2)c1. The second-order valence-electron chi connectivity index (χ2n) is 4.74. The zero-order valence-electron chi connectivity index (χ0n) is 12.3. The molecular formula is C16H20N4O. The normalized spacial score (nSPS) is 10.2. The van der Waals surface area contributed by atoms with Crippen LogP contribution < -0.4 is 16.6 Å². The minimum Gasteiger partial charge on any atom is -0.322 e. The van der Waals surface area contributed by atoms with Crippen LogP contribution in [-0.2, 0) is 12.8 Å². The summed E-state index contributed by atoms with van der Waals surface area (Å²) in [5.74, 6) is 5.71. The van der Waals surface area contributed by atoms with Crippen molar-refractivity contribution in [2.24, 2.45) is 5.84 Å². The second kappa shape index (κ2) is 6.85. The van der Waals surface area contributed by atoms with Crippen molar-refractivity contribution in [1.29, 1.82) is 0 Å². The molecule has 0 aliphatic rings. The number of benzene rings is 1. The lowest BCUT2D eigenvalue weighted by Gasteiger charge is -2.09. The first kappa shape index (κ1) is 15.0. The number of carbonyl (C=O) groups excluding carboxylic acids is 1. The number of carbonyl (C=O) groups is 1. The van der Waals surface area contributed by atoms with Gasteiger partial charge in [0.05, 0.1) is 0 Å². The summed E-state index contributed by atoms with van der Waals surface area (Å²) in [6.45, 7) is 4.06. The minimum absolute atomic E-state index is 0.170. The number of nitrogens with two attached hydrogens (primary N) is 1. The van der Waals surface area contributed by atoms with Crippen LogP contribution in [0.3, 0.4) is 0 Å². The van der Waals surface area contributed by atoms with Crippen LogP contribution in [0, 0.1) is 0 Å². The van der Waals surface area contributed by atoms with Gasteiger partial charge in [-0.25, -0.2) is 10.8 Å². The molecule has 0 aliphatic heterocycles. The lowest BCUT2D eigenvalue weighted by atomic mass is 10.1. The Kier molecular flexibility index (Phi) is 4.90. The number of pyridine rings is 1. The number of aromatic nitrogens is 1. The quantitative estimate of drug-likeness (QED) is 0.582. The molecule has 0 saturated carbocycles. The first-order chi connectivity index (χ1) is 10.2. The van der Waals surface area contributed by atoms with Crippen LogP contribution in [-0.4, -0.2) is 10.9 Å². The van der Waals surface area contributed by atoms with E-state index in [9.17, 15) is 4.79 Å². The van der Waals surface area contributed by atoms with Gasteiger partial charge >= 0.3 is 0 Å². The third-order valence-corrected chi connectivity index (χ3v) is 3.24. The van der Waals surface area contributed by atoms with Gasteiger partial charge in [0.15, 0.2) is 0 Å². The lowest BCUT2D eigenvalue weighted by molar-refractivity contribution is 0.102. The molecule has 5 heteroatoms. The van der Waals surface area contributed by atoms with Crippen LogP contribution >= 0.6 is 0 Å². The van der Waals surface area contributed by atoms with E-state index < -0.39 is 0 Å². The first-order valence-corrected chi connectivity index (χ1v) is 7.04. The van der Waals surface area contributed by atoms with Gasteiger partial charge in [-0.2, -0.15) is 0 Å². The van der Waals surface area contributed by atoms with Gasteiger partial charge in [0.2, 0.25) is 0 Å². The second-order valence-corrected chi connectivity index (χ2v) is 4.74. The molecule has 0 spiro atoms. The van der Waals surface area contributed by atoms with Gasteiger partial charge < -0.3 is 10.7 Å². The average Bonchev–Trinajstić information content (AvgIpc) is 2.54. The minimum atomic E-state index is -0.170. The molecule has 1 aromatic carbocycles. The number of nitrogen functional groups attached to an aromatic ring is 1. The van der Waals surface area contributed by atoms with E-state index in [4.69, 9.17) is 5.84 Å². The number of hydrazine groups is 1. The van der Waals surface area contributed by atoms with Gasteiger partial charge in [-0.15, -0.1) is 0 Å². The Morgan fingerprint density at radius 1 is 1.19 bits per heavy atom. The number of nitrogens with zero attached hydrogens (tertiary/aromatic N) is 1. The van der Waals surface area contributed by atoms with Crippen molar-refractivity contribution in [3.63, 3.8) is 0 Å². The highest BCUT2D eigenvalue weighted by atomic mass is 16.1. The van der Waals surface area contributed by atoms with E-state index in [-0.39, 0.29) is 5.91 Å². The van der Waals surface area contributed by atoms with E-state index in [0.717, 1.165) is 24.2 Å². The van der Waals surface area contributed by atoms with E-state index in [1.165, 1.54) is 5.56 Å². The van der Waals surface area contributed by atoms with Crippen molar-refractivity contribution in [2.75, 3.05) is 10.7 Å². The molecule has 0 bridgehead atoms. The van der Waals surface area contributed by atoms with Gasteiger partial charge in [0, 0.05) is 16.9 Å². The van der Waals surface area contributed by atoms with Crippen LogP contribution in [0.1, 0.15) is 35.5 Å². The van der Waals surface area contributed by atoms with E-state index in [2.05, 4.69) is 22.7 Å².